The van der Waals surface area contributed by atoms with E-state index in [0.717, 1.165) is 0 Å². The predicted molar refractivity (Wildman–Crippen MR) is 56.0 cm³/mol. The Bertz CT molecular complexity index is 411. The predicted octanol–water partition coefficient (Wildman–Crippen LogP) is 2.04. The number of hydrogen-bond acceptors (Lipinski definition) is 5. The first-order chi connectivity index (χ1) is 7.58. The maximum Gasteiger partial charge on any atom is 0.513 e. The van der Waals surface area contributed by atoms with E-state index in [4.69, 9.17) is 9.47 Å². The maximum absolute atomic E-state index is 11.1. The molecule has 1 aromatic rings. The van der Waals surface area contributed by atoms with Gasteiger partial charge in [0.2, 0.25) is 0 Å². The van der Waals surface area contributed by atoms with Crippen LogP contribution in [0.4, 0.5) is 4.79 Å². The fourth-order valence-corrected chi connectivity index (χ4v) is 1.10. The van der Waals surface area contributed by atoms with Crippen LogP contribution in [0.2, 0.25) is 0 Å². The number of ether oxygens (including phenoxy) is 3. The number of Topliss-reactive ketones (excluding diaryl/α,β-unsaturated/α-hetero) is 1. The van der Waals surface area contributed by atoms with Gasteiger partial charge in [0.15, 0.2) is 17.3 Å². The Balaban J connectivity index is 3.02. The van der Waals surface area contributed by atoms with E-state index in [1.807, 2.05) is 0 Å². The number of ketones is 1. The molecule has 0 unspecified atom stereocenters. The lowest BCUT2D eigenvalue weighted by Gasteiger charge is -2.08. The van der Waals surface area contributed by atoms with Crippen molar-refractivity contribution in [2.45, 2.75) is 6.92 Å². The Labute approximate surface area is 92.9 Å². The van der Waals surface area contributed by atoms with E-state index < -0.39 is 6.16 Å². The number of carbonyl (C=O) groups excluding carboxylic acids is 2. The topological polar surface area (TPSA) is 61.8 Å². The Morgan fingerprint density at radius 1 is 1.12 bits per heavy atom. The fraction of sp³-hybridized carbons (Fsp3) is 0.273. The molecule has 0 heterocycles. The van der Waals surface area contributed by atoms with Gasteiger partial charge in [-0.15, -0.1) is 0 Å². The first-order valence-electron chi connectivity index (χ1n) is 4.53. The zero-order valence-electron chi connectivity index (χ0n) is 9.27. The molecule has 16 heavy (non-hydrogen) atoms. The first-order valence-corrected chi connectivity index (χ1v) is 4.53. The third-order valence-electron chi connectivity index (χ3n) is 1.93. The number of carbonyl (C=O) groups is 2. The summed E-state index contributed by atoms with van der Waals surface area (Å²) in [6, 6.07) is 4.52. The van der Waals surface area contributed by atoms with Crippen LogP contribution in [0.25, 0.3) is 0 Å². The average Bonchev–Trinajstić information content (AvgIpc) is 2.29. The van der Waals surface area contributed by atoms with Gasteiger partial charge in [-0.2, -0.15) is 0 Å². The molecule has 0 spiro atoms. The van der Waals surface area contributed by atoms with E-state index >= 15 is 0 Å². The van der Waals surface area contributed by atoms with Crippen LogP contribution >= 0.6 is 0 Å². The summed E-state index contributed by atoms with van der Waals surface area (Å²) < 4.78 is 14.2. The van der Waals surface area contributed by atoms with Gasteiger partial charge in [0, 0.05) is 5.56 Å². The molecular formula is C11H12O5. The highest BCUT2D eigenvalue weighted by atomic mass is 16.7. The zero-order chi connectivity index (χ0) is 12.1. The van der Waals surface area contributed by atoms with Crippen LogP contribution in [-0.4, -0.2) is 26.2 Å². The highest BCUT2D eigenvalue weighted by molar-refractivity contribution is 5.94. The van der Waals surface area contributed by atoms with Gasteiger partial charge in [-0.25, -0.2) is 4.79 Å². The van der Waals surface area contributed by atoms with Crippen LogP contribution in [0, 0.1) is 0 Å². The lowest BCUT2D eigenvalue weighted by molar-refractivity contribution is 0.101. The molecule has 0 saturated carbocycles. The lowest BCUT2D eigenvalue weighted by atomic mass is 10.1. The van der Waals surface area contributed by atoms with Crippen LogP contribution in [0.15, 0.2) is 18.2 Å². The normalized spacial score (nSPS) is 9.44. The lowest BCUT2D eigenvalue weighted by Crippen LogP contribution is -2.08. The van der Waals surface area contributed by atoms with Gasteiger partial charge in [-0.3, -0.25) is 4.79 Å². The Kier molecular flexibility index (Phi) is 3.88. The minimum absolute atomic E-state index is 0.0945. The minimum Gasteiger partial charge on any atom is -0.493 e. The molecule has 0 aliphatic rings. The highest BCUT2D eigenvalue weighted by Crippen LogP contribution is 2.28. The van der Waals surface area contributed by atoms with Crippen molar-refractivity contribution in [3.05, 3.63) is 23.8 Å². The summed E-state index contributed by atoms with van der Waals surface area (Å²) in [6.45, 7) is 1.44. The van der Waals surface area contributed by atoms with Crippen LogP contribution < -0.4 is 9.47 Å². The molecule has 0 aliphatic heterocycles. The van der Waals surface area contributed by atoms with Crippen molar-refractivity contribution < 1.29 is 23.8 Å². The number of methoxy groups -OCH3 is 2. The van der Waals surface area contributed by atoms with Crippen molar-refractivity contribution >= 4 is 11.9 Å². The average molecular weight is 224 g/mol. The van der Waals surface area contributed by atoms with E-state index in [2.05, 4.69) is 4.74 Å². The van der Waals surface area contributed by atoms with Crippen LogP contribution in [0.1, 0.15) is 17.3 Å². The van der Waals surface area contributed by atoms with Gasteiger partial charge in [-0.1, -0.05) is 0 Å². The molecule has 0 fully saturated rings. The van der Waals surface area contributed by atoms with Gasteiger partial charge in [-0.05, 0) is 25.1 Å². The summed E-state index contributed by atoms with van der Waals surface area (Å²) in [5.74, 6) is 0.417. The molecule has 1 aromatic carbocycles. The zero-order valence-corrected chi connectivity index (χ0v) is 9.27. The molecule has 86 valence electrons. The van der Waals surface area contributed by atoms with E-state index in [1.54, 1.807) is 6.07 Å². The van der Waals surface area contributed by atoms with Crippen molar-refractivity contribution in [1.29, 1.82) is 0 Å². The van der Waals surface area contributed by atoms with E-state index in [1.165, 1.54) is 33.3 Å². The smallest absolute Gasteiger partial charge is 0.493 e. The summed E-state index contributed by atoms with van der Waals surface area (Å²) >= 11 is 0. The highest BCUT2D eigenvalue weighted by Gasteiger charge is 2.11. The van der Waals surface area contributed by atoms with Crippen molar-refractivity contribution in [2.75, 3.05) is 14.2 Å². The van der Waals surface area contributed by atoms with Gasteiger partial charge in [0.1, 0.15) is 0 Å². The molecule has 0 bridgehead atoms. The summed E-state index contributed by atoms with van der Waals surface area (Å²) in [4.78, 5) is 22.0. The van der Waals surface area contributed by atoms with Gasteiger partial charge < -0.3 is 14.2 Å². The summed E-state index contributed by atoms with van der Waals surface area (Å²) in [5.41, 5.74) is 0.481. The molecule has 0 aliphatic carbocycles. The molecule has 0 atom stereocenters. The largest absolute Gasteiger partial charge is 0.513 e. The second-order valence-corrected chi connectivity index (χ2v) is 2.98. The SMILES string of the molecule is COC(=O)Oc1ccc(C(C)=O)cc1OC. The molecule has 0 radical (unpaired) electrons. The van der Waals surface area contributed by atoms with Crippen LogP contribution in [-0.2, 0) is 4.74 Å². The van der Waals surface area contributed by atoms with E-state index in [9.17, 15) is 9.59 Å². The molecule has 5 heteroatoms. The van der Waals surface area contributed by atoms with Crippen molar-refractivity contribution in [3.8, 4) is 11.5 Å². The van der Waals surface area contributed by atoms with Gasteiger partial charge in [0.05, 0.1) is 14.2 Å². The summed E-state index contributed by atoms with van der Waals surface area (Å²) in [6.07, 6.45) is -0.839. The summed E-state index contributed by atoms with van der Waals surface area (Å²) in [5, 5.41) is 0. The van der Waals surface area contributed by atoms with Crippen molar-refractivity contribution in [1.82, 2.24) is 0 Å². The van der Waals surface area contributed by atoms with E-state index in [0.29, 0.717) is 11.3 Å². The number of hydrogen-bond donors (Lipinski definition) is 0. The summed E-state index contributed by atoms with van der Waals surface area (Å²) in [7, 11) is 2.63. The van der Waals surface area contributed by atoms with Crippen LogP contribution in [0.3, 0.4) is 0 Å². The van der Waals surface area contributed by atoms with Gasteiger partial charge >= 0.3 is 6.16 Å². The quantitative estimate of drug-likeness (QED) is 0.446. The molecule has 0 aromatic heterocycles. The van der Waals surface area contributed by atoms with E-state index in [-0.39, 0.29) is 11.5 Å². The van der Waals surface area contributed by atoms with Crippen molar-refractivity contribution in [3.63, 3.8) is 0 Å². The Hall–Kier alpha value is -2.04. The maximum atomic E-state index is 11.1. The van der Waals surface area contributed by atoms with Crippen molar-refractivity contribution in [2.24, 2.45) is 0 Å². The Morgan fingerprint density at radius 3 is 2.31 bits per heavy atom. The molecule has 5 nitrogen and oxygen atoms in total. The number of rotatable bonds is 3. The minimum atomic E-state index is -0.839. The second-order valence-electron chi connectivity index (χ2n) is 2.98. The molecule has 0 amide bonds. The standard InChI is InChI=1S/C11H12O5/c1-7(12)8-4-5-9(10(6-8)14-2)16-11(13)15-3/h4-6H,1-3H3. The third-order valence-corrected chi connectivity index (χ3v) is 1.93. The van der Waals surface area contributed by atoms with Crippen LogP contribution in [0.5, 0.6) is 11.5 Å². The second kappa shape index (κ2) is 5.16. The Morgan fingerprint density at radius 2 is 1.81 bits per heavy atom. The molecule has 1 rings (SSSR count). The van der Waals surface area contributed by atoms with Gasteiger partial charge in [0.25, 0.3) is 0 Å². The molecular weight excluding hydrogens is 212 g/mol. The number of benzene rings is 1. The third kappa shape index (κ3) is 2.73. The molecule has 0 saturated heterocycles. The molecule has 0 N–H and O–H groups in total. The fourth-order valence-electron chi connectivity index (χ4n) is 1.10. The monoisotopic (exact) mass is 224 g/mol. The first kappa shape index (κ1) is 12.0.